The molecule has 19 heavy (non-hydrogen) atoms. The molecule has 0 unspecified atom stereocenters. The van der Waals surface area contributed by atoms with Gasteiger partial charge in [-0.25, -0.2) is 0 Å². The SMILES string of the molecule is CCOc1cncc(C(=O)c2cc(Cl)ccc2Cl)c1. The molecular formula is C14H11Cl2NO2. The van der Waals surface area contributed by atoms with E-state index in [9.17, 15) is 4.79 Å². The molecule has 1 aromatic heterocycles. The fraction of sp³-hybridized carbons (Fsp3) is 0.143. The van der Waals surface area contributed by atoms with E-state index in [0.29, 0.717) is 33.5 Å². The van der Waals surface area contributed by atoms with Crippen LogP contribution < -0.4 is 4.74 Å². The number of benzene rings is 1. The number of ether oxygens (including phenoxy) is 1. The Balaban J connectivity index is 2.38. The molecular weight excluding hydrogens is 285 g/mol. The zero-order valence-electron chi connectivity index (χ0n) is 10.2. The fourth-order valence-corrected chi connectivity index (χ4v) is 1.99. The van der Waals surface area contributed by atoms with Crippen molar-refractivity contribution in [3.05, 3.63) is 57.8 Å². The molecule has 3 nitrogen and oxygen atoms in total. The molecule has 2 rings (SSSR count). The number of hydrogen-bond donors (Lipinski definition) is 0. The van der Waals surface area contributed by atoms with E-state index in [1.165, 1.54) is 6.20 Å². The van der Waals surface area contributed by atoms with Crippen LogP contribution in [0.25, 0.3) is 0 Å². The van der Waals surface area contributed by atoms with Crippen molar-refractivity contribution in [2.45, 2.75) is 6.92 Å². The van der Waals surface area contributed by atoms with Crippen molar-refractivity contribution in [1.29, 1.82) is 0 Å². The molecule has 1 heterocycles. The normalized spacial score (nSPS) is 10.3. The molecule has 5 heteroatoms. The summed E-state index contributed by atoms with van der Waals surface area (Å²) in [4.78, 5) is 16.3. The molecule has 0 aliphatic carbocycles. The maximum Gasteiger partial charge on any atom is 0.196 e. The molecule has 98 valence electrons. The zero-order chi connectivity index (χ0) is 13.8. The van der Waals surface area contributed by atoms with E-state index in [0.717, 1.165) is 0 Å². The van der Waals surface area contributed by atoms with Gasteiger partial charge in [-0.3, -0.25) is 9.78 Å². The van der Waals surface area contributed by atoms with Gasteiger partial charge < -0.3 is 4.74 Å². The molecule has 0 fully saturated rings. The standard InChI is InChI=1S/C14H11Cl2NO2/c1-2-19-11-5-9(7-17-8-11)14(18)12-6-10(15)3-4-13(12)16/h3-8H,2H2,1H3. The van der Waals surface area contributed by atoms with Crippen LogP contribution >= 0.6 is 23.2 Å². The van der Waals surface area contributed by atoms with Gasteiger partial charge in [0.2, 0.25) is 0 Å². The summed E-state index contributed by atoms with van der Waals surface area (Å²) >= 11 is 11.9. The summed E-state index contributed by atoms with van der Waals surface area (Å²) in [6.45, 7) is 2.37. The Bertz CT molecular complexity index is 614. The van der Waals surface area contributed by atoms with E-state index in [1.807, 2.05) is 6.92 Å². The van der Waals surface area contributed by atoms with Crippen LogP contribution in [-0.2, 0) is 0 Å². The predicted octanol–water partition coefficient (Wildman–Crippen LogP) is 4.02. The number of hydrogen-bond acceptors (Lipinski definition) is 3. The lowest BCUT2D eigenvalue weighted by Crippen LogP contribution is -2.04. The van der Waals surface area contributed by atoms with Crippen molar-refractivity contribution in [3.8, 4) is 5.75 Å². The Labute approximate surface area is 121 Å². The van der Waals surface area contributed by atoms with Gasteiger partial charge in [0.05, 0.1) is 17.8 Å². The Morgan fingerprint density at radius 2 is 2.05 bits per heavy atom. The minimum absolute atomic E-state index is 0.235. The quantitative estimate of drug-likeness (QED) is 0.800. The Morgan fingerprint density at radius 1 is 1.26 bits per heavy atom. The molecule has 0 amide bonds. The summed E-state index contributed by atoms with van der Waals surface area (Å²) in [5, 5.41) is 0.817. The first kappa shape index (κ1) is 13.8. The summed E-state index contributed by atoms with van der Waals surface area (Å²) < 4.78 is 5.31. The predicted molar refractivity (Wildman–Crippen MR) is 75.3 cm³/mol. The van der Waals surface area contributed by atoms with Gasteiger partial charge in [-0.1, -0.05) is 23.2 Å². The van der Waals surface area contributed by atoms with Crippen LogP contribution in [0.2, 0.25) is 10.0 Å². The second kappa shape index (κ2) is 6.04. The van der Waals surface area contributed by atoms with E-state index in [4.69, 9.17) is 27.9 Å². The van der Waals surface area contributed by atoms with Crippen LogP contribution in [0.4, 0.5) is 0 Å². The summed E-state index contributed by atoms with van der Waals surface area (Å²) in [6, 6.07) is 6.40. The lowest BCUT2D eigenvalue weighted by molar-refractivity contribution is 0.103. The fourth-order valence-electron chi connectivity index (χ4n) is 1.62. The highest BCUT2D eigenvalue weighted by Gasteiger charge is 2.14. The molecule has 0 saturated carbocycles. The highest BCUT2D eigenvalue weighted by atomic mass is 35.5. The van der Waals surface area contributed by atoms with Crippen LogP contribution in [0.1, 0.15) is 22.8 Å². The molecule has 0 radical (unpaired) electrons. The monoisotopic (exact) mass is 295 g/mol. The molecule has 0 aliphatic rings. The van der Waals surface area contributed by atoms with E-state index in [1.54, 1.807) is 30.5 Å². The third-order valence-electron chi connectivity index (χ3n) is 2.46. The average Bonchev–Trinajstić information content (AvgIpc) is 2.41. The van der Waals surface area contributed by atoms with E-state index < -0.39 is 0 Å². The lowest BCUT2D eigenvalue weighted by Gasteiger charge is -2.06. The van der Waals surface area contributed by atoms with Crippen LogP contribution in [0.15, 0.2) is 36.7 Å². The summed E-state index contributed by atoms with van der Waals surface area (Å²) in [6.07, 6.45) is 3.03. The minimum atomic E-state index is -0.235. The second-order valence-electron chi connectivity index (χ2n) is 3.80. The van der Waals surface area contributed by atoms with E-state index in [-0.39, 0.29) is 5.78 Å². The number of aromatic nitrogens is 1. The highest BCUT2D eigenvalue weighted by Crippen LogP contribution is 2.24. The number of carbonyl (C=O) groups is 1. The number of halogens is 2. The maximum atomic E-state index is 12.3. The molecule has 2 aromatic rings. The molecule has 0 atom stereocenters. The van der Waals surface area contributed by atoms with Gasteiger partial charge in [0.1, 0.15) is 5.75 Å². The van der Waals surface area contributed by atoms with Crippen molar-refractivity contribution in [2.24, 2.45) is 0 Å². The Hall–Kier alpha value is -1.58. The first-order valence-electron chi connectivity index (χ1n) is 5.69. The summed E-state index contributed by atoms with van der Waals surface area (Å²) in [5.74, 6) is 0.313. The van der Waals surface area contributed by atoms with Gasteiger partial charge >= 0.3 is 0 Å². The molecule has 1 aromatic carbocycles. The van der Waals surface area contributed by atoms with Gasteiger partial charge in [-0.05, 0) is 31.2 Å². The number of rotatable bonds is 4. The first-order chi connectivity index (χ1) is 9.11. The van der Waals surface area contributed by atoms with Gasteiger partial charge in [-0.2, -0.15) is 0 Å². The lowest BCUT2D eigenvalue weighted by atomic mass is 10.1. The van der Waals surface area contributed by atoms with Crippen molar-refractivity contribution < 1.29 is 9.53 Å². The van der Waals surface area contributed by atoms with Crippen molar-refractivity contribution in [2.75, 3.05) is 6.61 Å². The highest BCUT2D eigenvalue weighted by molar-refractivity contribution is 6.36. The number of pyridine rings is 1. The smallest absolute Gasteiger partial charge is 0.196 e. The van der Waals surface area contributed by atoms with Gasteiger partial charge in [0.15, 0.2) is 5.78 Å². The second-order valence-corrected chi connectivity index (χ2v) is 4.64. The maximum absolute atomic E-state index is 12.3. The Kier molecular flexibility index (Phi) is 4.40. The third-order valence-corrected chi connectivity index (χ3v) is 3.02. The van der Waals surface area contributed by atoms with Crippen LogP contribution in [0.5, 0.6) is 5.75 Å². The molecule has 0 N–H and O–H groups in total. The van der Waals surface area contributed by atoms with E-state index >= 15 is 0 Å². The number of carbonyl (C=O) groups excluding carboxylic acids is 1. The van der Waals surface area contributed by atoms with Gasteiger partial charge in [-0.15, -0.1) is 0 Å². The van der Waals surface area contributed by atoms with E-state index in [2.05, 4.69) is 4.98 Å². The van der Waals surface area contributed by atoms with Crippen molar-refractivity contribution in [3.63, 3.8) is 0 Å². The molecule has 0 bridgehead atoms. The third kappa shape index (κ3) is 3.25. The summed E-state index contributed by atoms with van der Waals surface area (Å²) in [5.41, 5.74) is 0.764. The number of ketones is 1. The minimum Gasteiger partial charge on any atom is -0.492 e. The number of nitrogens with zero attached hydrogens (tertiary/aromatic N) is 1. The zero-order valence-corrected chi connectivity index (χ0v) is 11.7. The largest absolute Gasteiger partial charge is 0.492 e. The van der Waals surface area contributed by atoms with Gasteiger partial charge in [0.25, 0.3) is 0 Å². The summed E-state index contributed by atoms with van der Waals surface area (Å²) in [7, 11) is 0. The first-order valence-corrected chi connectivity index (χ1v) is 6.45. The van der Waals surface area contributed by atoms with Crippen LogP contribution in [0.3, 0.4) is 0 Å². The Morgan fingerprint density at radius 3 is 2.79 bits per heavy atom. The van der Waals surface area contributed by atoms with Crippen molar-refractivity contribution in [1.82, 2.24) is 4.98 Å². The molecule has 0 aliphatic heterocycles. The molecule has 0 spiro atoms. The topological polar surface area (TPSA) is 39.2 Å². The van der Waals surface area contributed by atoms with Crippen LogP contribution in [-0.4, -0.2) is 17.4 Å². The average molecular weight is 296 g/mol. The molecule has 0 saturated heterocycles. The van der Waals surface area contributed by atoms with Crippen molar-refractivity contribution >= 4 is 29.0 Å². The van der Waals surface area contributed by atoms with Gasteiger partial charge in [0, 0.05) is 22.3 Å². The van der Waals surface area contributed by atoms with Crippen LogP contribution in [0, 0.1) is 0 Å².